The van der Waals surface area contributed by atoms with E-state index in [1.54, 1.807) is 0 Å². The molecular formula is C10H14N4. The fourth-order valence-corrected chi connectivity index (χ4v) is 1.64. The summed E-state index contributed by atoms with van der Waals surface area (Å²) in [6, 6.07) is 0. The molecule has 0 fully saturated rings. The summed E-state index contributed by atoms with van der Waals surface area (Å²) in [4.78, 5) is 8.42. The highest BCUT2D eigenvalue weighted by molar-refractivity contribution is 5.50. The van der Waals surface area contributed by atoms with Crippen LogP contribution in [0, 0.1) is 6.92 Å². The number of aryl methyl sites for hydroxylation is 1. The number of aromatic nitrogens is 2. The number of nitrogens with two attached hydrogens (primary N) is 2. The highest BCUT2D eigenvalue weighted by atomic mass is 14.9. The van der Waals surface area contributed by atoms with Crippen LogP contribution in [-0.2, 0) is 0 Å². The summed E-state index contributed by atoms with van der Waals surface area (Å²) in [5.41, 5.74) is 11.5. The molecule has 1 atom stereocenters. The Kier molecular flexibility index (Phi) is 1.82. The first-order valence-corrected chi connectivity index (χ1v) is 4.60. The number of nitrogen functional groups attached to an aromatic ring is 1. The number of nitrogens with zero attached hydrogens (tertiary/aromatic N) is 2. The summed E-state index contributed by atoms with van der Waals surface area (Å²) in [6.45, 7) is 3.80. The van der Waals surface area contributed by atoms with Crippen LogP contribution in [0.3, 0.4) is 0 Å². The second-order valence-corrected chi connectivity index (χ2v) is 4.01. The molecule has 4 N–H and O–H groups in total. The molecule has 0 amide bonds. The van der Waals surface area contributed by atoms with Crippen molar-refractivity contribution in [2.24, 2.45) is 5.73 Å². The van der Waals surface area contributed by atoms with Crippen molar-refractivity contribution in [3.05, 3.63) is 16.4 Å². The molecule has 1 heterocycles. The van der Waals surface area contributed by atoms with Crippen molar-refractivity contribution in [2.45, 2.75) is 25.8 Å². The molecule has 0 spiro atoms. The molecule has 4 heteroatoms. The van der Waals surface area contributed by atoms with Gasteiger partial charge in [-0.05, 0) is 26.3 Å². The number of rotatable bonds is 0. The molecule has 2 rings (SSSR count). The molecule has 0 aliphatic heterocycles. The fraction of sp³-hybridized carbons (Fsp3) is 0.400. The smallest absolute Gasteiger partial charge is 0.134 e. The molecule has 1 aliphatic carbocycles. The minimum absolute atomic E-state index is 0.319. The van der Waals surface area contributed by atoms with Gasteiger partial charge >= 0.3 is 0 Å². The van der Waals surface area contributed by atoms with E-state index in [1.165, 1.54) is 0 Å². The first-order chi connectivity index (χ1) is 6.48. The van der Waals surface area contributed by atoms with E-state index in [2.05, 4.69) is 9.97 Å². The Labute approximate surface area is 82.4 Å². The second-order valence-electron chi connectivity index (χ2n) is 4.01. The average molecular weight is 190 g/mol. The largest absolute Gasteiger partial charge is 0.383 e. The summed E-state index contributed by atoms with van der Waals surface area (Å²) in [5, 5.41) is 1.77. The number of hydrogen-bond donors (Lipinski definition) is 2. The lowest BCUT2D eigenvalue weighted by atomic mass is 9.94. The maximum absolute atomic E-state index is 6.00. The van der Waals surface area contributed by atoms with Gasteiger partial charge in [0.25, 0.3) is 0 Å². The van der Waals surface area contributed by atoms with Crippen LogP contribution in [0.4, 0.5) is 5.82 Å². The van der Waals surface area contributed by atoms with Crippen molar-refractivity contribution < 1.29 is 0 Å². The summed E-state index contributed by atoms with van der Waals surface area (Å²) >= 11 is 0. The van der Waals surface area contributed by atoms with Crippen molar-refractivity contribution in [1.29, 1.82) is 0 Å². The summed E-state index contributed by atoms with van der Waals surface area (Å²) in [5.74, 6) is 1.22. The zero-order valence-corrected chi connectivity index (χ0v) is 8.41. The third kappa shape index (κ3) is 1.48. The SMILES string of the molecule is Cc1nc(N)c2c(n1)=CC(C)(N)CC=2. The second kappa shape index (κ2) is 2.78. The highest BCUT2D eigenvalue weighted by Gasteiger charge is 2.17. The van der Waals surface area contributed by atoms with E-state index in [-0.39, 0.29) is 5.54 Å². The Balaban J connectivity index is 2.80. The van der Waals surface area contributed by atoms with E-state index in [0.717, 1.165) is 17.0 Å². The molecule has 74 valence electrons. The van der Waals surface area contributed by atoms with Crippen LogP contribution in [0.25, 0.3) is 12.2 Å². The van der Waals surface area contributed by atoms with Crippen molar-refractivity contribution in [3.63, 3.8) is 0 Å². The third-order valence-electron chi connectivity index (χ3n) is 2.33. The van der Waals surface area contributed by atoms with Gasteiger partial charge in [0, 0.05) is 10.8 Å². The van der Waals surface area contributed by atoms with Crippen LogP contribution in [0.1, 0.15) is 19.2 Å². The minimum Gasteiger partial charge on any atom is -0.383 e. The zero-order valence-electron chi connectivity index (χ0n) is 8.41. The normalized spacial score (nSPS) is 24.8. The predicted molar refractivity (Wildman–Crippen MR) is 56.6 cm³/mol. The molecular weight excluding hydrogens is 176 g/mol. The van der Waals surface area contributed by atoms with Crippen LogP contribution < -0.4 is 22.0 Å². The van der Waals surface area contributed by atoms with Crippen molar-refractivity contribution in [3.8, 4) is 0 Å². The Hall–Kier alpha value is -1.42. The van der Waals surface area contributed by atoms with Gasteiger partial charge < -0.3 is 11.5 Å². The van der Waals surface area contributed by atoms with E-state index < -0.39 is 0 Å². The molecule has 4 nitrogen and oxygen atoms in total. The van der Waals surface area contributed by atoms with E-state index in [1.807, 2.05) is 26.0 Å². The molecule has 0 radical (unpaired) electrons. The van der Waals surface area contributed by atoms with Gasteiger partial charge in [-0.25, -0.2) is 9.97 Å². The molecule has 1 aliphatic rings. The molecule has 1 unspecified atom stereocenters. The lowest BCUT2D eigenvalue weighted by Crippen LogP contribution is -2.45. The lowest BCUT2D eigenvalue weighted by molar-refractivity contribution is 0.636. The summed E-state index contributed by atoms with van der Waals surface area (Å²) in [6.07, 6.45) is 4.73. The predicted octanol–water partition coefficient (Wildman–Crippen LogP) is -0.951. The van der Waals surface area contributed by atoms with Gasteiger partial charge in [-0.1, -0.05) is 6.08 Å². The summed E-state index contributed by atoms with van der Waals surface area (Å²) < 4.78 is 0. The van der Waals surface area contributed by atoms with Gasteiger partial charge in [-0.2, -0.15) is 0 Å². The standard InChI is InChI=1S/C10H14N4/c1-6-13-8-5-10(2,12)4-3-7(8)9(11)14-6/h3,5H,4,12H2,1-2H3,(H2,11,13,14). The molecule has 1 aromatic rings. The molecule has 1 aromatic heterocycles. The maximum Gasteiger partial charge on any atom is 0.134 e. The Morgan fingerprint density at radius 1 is 1.43 bits per heavy atom. The van der Waals surface area contributed by atoms with Gasteiger partial charge in [-0.15, -0.1) is 0 Å². The van der Waals surface area contributed by atoms with Gasteiger partial charge in [0.2, 0.25) is 0 Å². The first kappa shape index (κ1) is 9.15. The van der Waals surface area contributed by atoms with Crippen LogP contribution >= 0.6 is 0 Å². The zero-order chi connectivity index (χ0) is 10.3. The fourth-order valence-electron chi connectivity index (χ4n) is 1.64. The van der Waals surface area contributed by atoms with Crippen LogP contribution in [0.15, 0.2) is 0 Å². The van der Waals surface area contributed by atoms with Gasteiger partial charge in [0.1, 0.15) is 11.6 Å². The van der Waals surface area contributed by atoms with Gasteiger partial charge in [0.05, 0.1) is 5.35 Å². The monoisotopic (exact) mass is 190 g/mol. The molecule has 0 aromatic carbocycles. The minimum atomic E-state index is -0.319. The van der Waals surface area contributed by atoms with Crippen LogP contribution in [0.5, 0.6) is 0 Å². The van der Waals surface area contributed by atoms with E-state index in [4.69, 9.17) is 11.5 Å². The van der Waals surface area contributed by atoms with Gasteiger partial charge in [0.15, 0.2) is 0 Å². The molecule has 0 bridgehead atoms. The Morgan fingerprint density at radius 2 is 2.14 bits per heavy atom. The number of hydrogen-bond acceptors (Lipinski definition) is 4. The third-order valence-corrected chi connectivity index (χ3v) is 2.33. The van der Waals surface area contributed by atoms with Crippen LogP contribution in [-0.4, -0.2) is 15.5 Å². The molecule has 0 saturated carbocycles. The van der Waals surface area contributed by atoms with E-state index >= 15 is 0 Å². The first-order valence-electron chi connectivity index (χ1n) is 4.60. The molecule has 14 heavy (non-hydrogen) atoms. The quantitative estimate of drug-likeness (QED) is 0.553. The van der Waals surface area contributed by atoms with Crippen molar-refractivity contribution in [2.75, 3.05) is 5.73 Å². The van der Waals surface area contributed by atoms with Crippen molar-refractivity contribution >= 4 is 18.0 Å². The molecule has 0 saturated heterocycles. The van der Waals surface area contributed by atoms with E-state index in [0.29, 0.717) is 11.6 Å². The average Bonchev–Trinajstić information content (AvgIpc) is 2.00. The topological polar surface area (TPSA) is 77.8 Å². The Morgan fingerprint density at radius 3 is 2.86 bits per heavy atom. The maximum atomic E-state index is 6.00. The summed E-state index contributed by atoms with van der Waals surface area (Å²) in [7, 11) is 0. The number of anilines is 1. The van der Waals surface area contributed by atoms with Crippen LogP contribution in [0.2, 0.25) is 0 Å². The Bertz CT molecular complexity index is 488. The lowest BCUT2D eigenvalue weighted by Gasteiger charge is -2.20. The van der Waals surface area contributed by atoms with Crippen molar-refractivity contribution in [1.82, 2.24) is 9.97 Å². The van der Waals surface area contributed by atoms with Gasteiger partial charge in [-0.3, -0.25) is 0 Å². The van der Waals surface area contributed by atoms with E-state index in [9.17, 15) is 0 Å². The number of fused-ring (bicyclic) bond motifs is 1. The highest BCUT2D eigenvalue weighted by Crippen LogP contribution is 2.09.